The zero-order valence-electron chi connectivity index (χ0n) is 8.38. The van der Waals surface area contributed by atoms with Crippen LogP contribution < -0.4 is 5.19 Å². The van der Waals surface area contributed by atoms with Crippen LogP contribution in [0.4, 0.5) is 0 Å². The van der Waals surface area contributed by atoms with Gasteiger partial charge in [-0.15, -0.1) is 0 Å². The standard InChI is InChI=1S/C12H16Si/c1-5-11(2)13(3,4)12-9-7-6-8-10-12/h5-10H,1-2H2,3-4H3. The summed E-state index contributed by atoms with van der Waals surface area (Å²) in [5, 5.41) is 2.61. The number of rotatable bonds is 3. The van der Waals surface area contributed by atoms with Crippen LogP contribution in [0, 0.1) is 0 Å². The van der Waals surface area contributed by atoms with E-state index < -0.39 is 8.07 Å². The highest BCUT2D eigenvalue weighted by Crippen LogP contribution is 2.13. The van der Waals surface area contributed by atoms with Crippen molar-refractivity contribution >= 4 is 13.3 Å². The summed E-state index contributed by atoms with van der Waals surface area (Å²) in [6.45, 7) is 12.4. The molecule has 0 heterocycles. The Bertz CT molecular complexity index is 309. The fourth-order valence-electron chi connectivity index (χ4n) is 1.30. The number of hydrogen-bond acceptors (Lipinski definition) is 0. The Morgan fingerprint density at radius 1 is 1.23 bits per heavy atom. The number of allylic oxidation sites excluding steroid dienone is 2. The van der Waals surface area contributed by atoms with Crippen LogP contribution in [0.25, 0.3) is 0 Å². The molecule has 68 valence electrons. The first-order chi connectivity index (χ1) is 6.09. The minimum atomic E-state index is -1.50. The summed E-state index contributed by atoms with van der Waals surface area (Å²) in [4.78, 5) is 0. The van der Waals surface area contributed by atoms with Crippen LogP contribution in [0.1, 0.15) is 0 Å². The maximum absolute atomic E-state index is 4.06. The van der Waals surface area contributed by atoms with E-state index in [-0.39, 0.29) is 0 Å². The van der Waals surface area contributed by atoms with Gasteiger partial charge in [0.1, 0.15) is 8.07 Å². The Hall–Kier alpha value is -1.08. The van der Waals surface area contributed by atoms with Gasteiger partial charge in [0.15, 0.2) is 0 Å². The van der Waals surface area contributed by atoms with Gasteiger partial charge < -0.3 is 0 Å². The Labute approximate surface area is 81.6 Å². The molecule has 0 saturated heterocycles. The van der Waals surface area contributed by atoms with E-state index in [0.717, 1.165) is 0 Å². The second kappa shape index (κ2) is 3.75. The molecule has 0 saturated carbocycles. The lowest BCUT2D eigenvalue weighted by Gasteiger charge is -2.23. The molecule has 0 spiro atoms. The van der Waals surface area contributed by atoms with Gasteiger partial charge in [-0.05, 0) is 0 Å². The van der Waals surface area contributed by atoms with Gasteiger partial charge in [0.2, 0.25) is 0 Å². The van der Waals surface area contributed by atoms with Crippen molar-refractivity contribution in [3.05, 3.63) is 54.8 Å². The molecular weight excluding hydrogens is 172 g/mol. The Morgan fingerprint density at radius 3 is 2.23 bits per heavy atom. The first-order valence-electron chi connectivity index (χ1n) is 4.46. The molecule has 1 heteroatoms. The van der Waals surface area contributed by atoms with E-state index in [1.165, 1.54) is 10.4 Å². The molecule has 0 aliphatic heterocycles. The first-order valence-corrected chi connectivity index (χ1v) is 7.46. The fraction of sp³-hybridized carbons (Fsp3) is 0.167. The van der Waals surface area contributed by atoms with Crippen molar-refractivity contribution < 1.29 is 0 Å². The Morgan fingerprint density at radius 2 is 1.77 bits per heavy atom. The van der Waals surface area contributed by atoms with Gasteiger partial charge in [-0.1, -0.05) is 73.0 Å². The molecule has 0 bridgehead atoms. The van der Waals surface area contributed by atoms with Crippen LogP contribution in [-0.2, 0) is 0 Å². The molecule has 1 aromatic carbocycles. The first kappa shape index (κ1) is 10.0. The summed E-state index contributed by atoms with van der Waals surface area (Å²) in [6, 6.07) is 10.6. The molecule has 0 amide bonds. The van der Waals surface area contributed by atoms with Crippen molar-refractivity contribution in [3.8, 4) is 0 Å². The van der Waals surface area contributed by atoms with Crippen LogP contribution in [0.15, 0.2) is 54.8 Å². The van der Waals surface area contributed by atoms with E-state index in [0.29, 0.717) is 0 Å². The van der Waals surface area contributed by atoms with Gasteiger partial charge in [0, 0.05) is 0 Å². The van der Waals surface area contributed by atoms with E-state index >= 15 is 0 Å². The summed E-state index contributed by atoms with van der Waals surface area (Å²) < 4.78 is 0. The molecule has 0 aromatic heterocycles. The van der Waals surface area contributed by atoms with E-state index in [1.54, 1.807) is 0 Å². The highest BCUT2D eigenvalue weighted by atomic mass is 28.3. The molecule has 0 fully saturated rings. The molecule has 0 radical (unpaired) electrons. The maximum atomic E-state index is 4.06. The minimum Gasteiger partial charge on any atom is -0.0994 e. The number of hydrogen-bond donors (Lipinski definition) is 0. The lowest BCUT2D eigenvalue weighted by atomic mass is 10.4. The van der Waals surface area contributed by atoms with Gasteiger partial charge in [-0.3, -0.25) is 0 Å². The molecule has 1 rings (SSSR count). The van der Waals surface area contributed by atoms with Gasteiger partial charge in [-0.25, -0.2) is 0 Å². The summed E-state index contributed by atoms with van der Waals surface area (Å²) in [7, 11) is -1.50. The monoisotopic (exact) mass is 188 g/mol. The van der Waals surface area contributed by atoms with Crippen LogP contribution in [0.3, 0.4) is 0 Å². The minimum absolute atomic E-state index is 1.19. The van der Waals surface area contributed by atoms with Crippen LogP contribution in [-0.4, -0.2) is 8.07 Å². The summed E-state index contributed by atoms with van der Waals surface area (Å²) in [5.74, 6) is 0. The summed E-state index contributed by atoms with van der Waals surface area (Å²) >= 11 is 0. The average molecular weight is 188 g/mol. The van der Waals surface area contributed by atoms with Crippen molar-refractivity contribution in [1.82, 2.24) is 0 Å². The van der Waals surface area contributed by atoms with Crippen molar-refractivity contribution in [2.45, 2.75) is 13.1 Å². The highest BCUT2D eigenvalue weighted by Gasteiger charge is 2.24. The smallest absolute Gasteiger partial charge is 0.0994 e. The van der Waals surface area contributed by atoms with Gasteiger partial charge >= 0.3 is 0 Å². The predicted octanol–water partition coefficient (Wildman–Crippen LogP) is 2.88. The zero-order valence-corrected chi connectivity index (χ0v) is 9.38. The normalized spacial score (nSPS) is 10.9. The molecule has 0 nitrogen and oxygen atoms in total. The van der Waals surface area contributed by atoms with E-state index in [9.17, 15) is 0 Å². The third kappa shape index (κ3) is 1.98. The third-order valence-corrected chi connectivity index (χ3v) is 6.13. The Kier molecular flexibility index (Phi) is 2.89. The molecule has 0 aliphatic carbocycles. The second-order valence-electron chi connectivity index (χ2n) is 3.72. The molecule has 0 atom stereocenters. The van der Waals surface area contributed by atoms with Gasteiger partial charge in [0.25, 0.3) is 0 Å². The predicted molar refractivity (Wildman–Crippen MR) is 62.9 cm³/mol. The van der Waals surface area contributed by atoms with Gasteiger partial charge in [-0.2, -0.15) is 0 Å². The van der Waals surface area contributed by atoms with Crippen molar-refractivity contribution in [3.63, 3.8) is 0 Å². The van der Waals surface area contributed by atoms with Gasteiger partial charge in [0.05, 0.1) is 0 Å². The van der Waals surface area contributed by atoms with Crippen molar-refractivity contribution in [2.24, 2.45) is 0 Å². The van der Waals surface area contributed by atoms with Crippen molar-refractivity contribution in [1.29, 1.82) is 0 Å². The van der Waals surface area contributed by atoms with Crippen molar-refractivity contribution in [2.75, 3.05) is 0 Å². The maximum Gasteiger partial charge on any atom is 0.111 e. The van der Waals surface area contributed by atoms with E-state index in [1.807, 2.05) is 12.1 Å². The molecule has 1 aromatic rings. The summed E-state index contributed by atoms with van der Waals surface area (Å²) in [6.07, 6.45) is 1.89. The molecule has 0 aliphatic rings. The SMILES string of the molecule is C=CC(=C)[Si](C)(C)c1ccccc1. The number of benzene rings is 1. The molecule has 0 unspecified atom stereocenters. The van der Waals surface area contributed by atoms with E-state index in [4.69, 9.17) is 0 Å². The van der Waals surface area contributed by atoms with E-state index in [2.05, 4.69) is 50.5 Å². The summed E-state index contributed by atoms with van der Waals surface area (Å²) in [5.41, 5.74) is 0. The molecule has 0 N–H and O–H groups in total. The fourth-order valence-corrected chi connectivity index (χ4v) is 3.20. The lowest BCUT2D eigenvalue weighted by molar-refractivity contribution is 1.67. The highest BCUT2D eigenvalue weighted by molar-refractivity contribution is 6.96. The third-order valence-electron chi connectivity index (χ3n) is 2.54. The van der Waals surface area contributed by atoms with Crippen LogP contribution in [0.5, 0.6) is 0 Å². The topological polar surface area (TPSA) is 0 Å². The zero-order chi connectivity index (χ0) is 9.90. The largest absolute Gasteiger partial charge is 0.111 e. The second-order valence-corrected chi connectivity index (χ2v) is 8.19. The molecular formula is C12H16Si. The molecule has 13 heavy (non-hydrogen) atoms. The Balaban J connectivity index is 3.07. The van der Waals surface area contributed by atoms with Crippen LogP contribution >= 0.6 is 0 Å². The lowest BCUT2D eigenvalue weighted by Crippen LogP contribution is -2.42. The average Bonchev–Trinajstić information content (AvgIpc) is 2.18. The quantitative estimate of drug-likeness (QED) is 0.505. The van der Waals surface area contributed by atoms with Crippen LogP contribution in [0.2, 0.25) is 13.1 Å².